The molecule has 3 heteroatoms. The first-order valence-electron chi connectivity index (χ1n) is 5.73. The molecule has 0 N–H and O–H groups in total. The van der Waals surface area contributed by atoms with Crippen molar-refractivity contribution in [3.8, 4) is 0 Å². The van der Waals surface area contributed by atoms with E-state index in [1.165, 1.54) is 20.8 Å². The van der Waals surface area contributed by atoms with Crippen molar-refractivity contribution in [3.63, 3.8) is 0 Å². The van der Waals surface area contributed by atoms with Gasteiger partial charge in [-0.05, 0) is 43.9 Å². The molecule has 3 nitrogen and oxygen atoms in total. The summed E-state index contributed by atoms with van der Waals surface area (Å²) in [6.07, 6.45) is 0.0794. The van der Waals surface area contributed by atoms with Crippen LogP contribution >= 0.6 is 0 Å². The van der Waals surface area contributed by atoms with E-state index >= 15 is 0 Å². The summed E-state index contributed by atoms with van der Waals surface area (Å²) in [6.45, 7) is 16.7. The number of allylic oxidation sites excluding steroid dienone is 3. The van der Waals surface area contributed by atoms with Crippen molar-refractivity contribution in [2.24, 2.45) is 5.41 Å². The number of Topliss-reactive ketones (excluding diaryl/α,β-unsaturated/α-hetero) is 3. The first-order valence-corrected chi connectivity index (χ1v) is 5.73. The topological polar surface area (TPSA) is 51.2 Å². The van der Waals surface area contributed by atoms with Crippen LogP contribution < -0.4 is 0 Å². The number of hydrogen-bond acceptors (Lipinski definition) is 3. The summed E-state index contributed by atoms with van der Waals surface area (Å²) >= 11 is 0. The van der Waals surface area contributed by atoms with Crippen LogP contribution in [0.1, 0.15) is 34.1 Å². The predicted octanol–water partition coefficient (Wildman–Crippen LogP) is 2.82. The van der Waals surface area contributed by atoms with Crippen molar-refractivity contribution in [1.29, 1.82) is 0 Å². The normalized spacial score (nSPS) is 10.7. The minimum absolute atomic E-state index is 0.0794. The van der Waals surface area contributed by atoms with Gasteiger partial charge in [0.25, 0.3) is 0 Å². The molecule has 0 saturated carbocycles. The van der Waals surface area contributed by atoms with Crippen molar-refractivity contribution in [1.82, 2.24) is 0 Å². The standard InChI is InChI=1S/C15H20O3/c1-8-15(12(16)9(2)3,13(17)10(4)5)14(18)11(6)7/h2,4,6,8H2,1,3,5,7H3. The smallest absolute Gasteiger partial charge is 0.179 e. The van der Waals surface area contributed by atoms with Gasteiger partial charge in [-0.3, -0.25) is 14.4 Å². The zero-order valence-electron chi connectivity index (χ0n) is 11.6. The fourth-order valence-corrected chi connectivity index (χ4v) is 1.88. The van der Waals surface area contributed by atoms with Crippen LogP contribution in [0.4, 0.5) is 0 Å². The van der Waals surface area contributed by atoms with E-state index in [9.17, 15) is 14.4 Å². The van der Waals surface area contributed by atoms with Crippen LogP contribution in [-0.2, 0) is 14.4 Å². The minimum Gasteiger partial charge on any atom is -0.293 e. The molecule has 0 saturated heterocycles. The maximum absolute atomic E-state index is 12.3. The fraction of sp³-hybridized carbons (Fsp3) is 0.400. The van der Waals surface area contributed by atoms with E-state index in [1.54, 1.807) is 6.92 Å². The molecule has 0 aliphatic carbocycles. The highest BCUT2D eigenvalue weighted by Gasteiger charge is 2.50. The Morgan fingerprint density at radius 2 is 1.00 bits per heavy atom. The summed E-state index contributed by atoms with van der Waals surface area (Å²) in [5.74, 6) is -1.65. The molecule has 0 unspecified atom stereocenters. The van der Waals surface area contributed by atoms with Gasteiger partial charge in [0.15, 0.2) is 22.8 Å². The lowest BCUT2D eigenvalue weighted by molar-refractivity contribution is -0.144. The van der Waals surface area contributed by atoms with Gasteiger partial charge in [-0.2, -0.15) is 0 Å². The molecule has 0 spiro atoms. The molecule has 0 aliphatic rings. The van der Waals surface area contributed by atoms with Crippen LogP contribution in [0.2, 0.25) is 0 Å². The van der Waals surface area contributed by atoms with Crippen molar-refractivity contribution >= 4 is 17.3 Å². The van der Waals surface area contributed by atoms with Crippen LogP contribution in [0, 0.1) is 5.41 Å². The molecule has 0 aromatic heterocycles. The van der Waals surface area contributed by atoms with E-state index in [1.807, 2.05) is 0 Å². The van der Waals surface area contributed by atoms with Gasteiger partial charge >= 0.3 is 0 Å². The molecule has 0 atom stereocenters. The predicted molar refractivity (Wildman–Crippen MR) is 72.2 cm³/mol. The van der Waals surface area contributed by atoms with Crippen LogP contribution in [-0.4, -0.2) is 17.3 Å². The number of hydrogen-bond donors (Lipinski definition) is 0. The lowest BCUT2D eigenvalue weighted by Gasteiger charge is -2.28. The Labute approximate surface area is 108 Å². The molecule has 98 valence electrons. The second-order valence-corrected chi connectivity index (χ2v) is 4.59. The second-order valence-electron chi connectivity index (χ2n) is 4.59. The second kappa shape index (κ2) is 5.71. The van der Waals surface area contributed by atoms with Crippen molar-refractivity contribution in [3.05, 3.63) is 36.5 Å². The van der Waals surface area contributed by atoms with E-state index in [2.05, 4.69) is 19.7 Å². The van der Waals surface area contributed by atoms with E-state index in [0.717, 1.165) is 0 Å². The van der Waals surface area contributed by atoms with Gasteiger partial charge in [0, 0.05) is 0 Å². The third-order valence-electron chi connectivity index (χ3n) is 2.86. The summed E-state index contributed by atoms with van der Waals surface area (Å²) in [6, 6.07) is 0. The van der Waals surface area contributed by atoms with Gasteiger partial charge in [0.1, 0.15) is 0 Å². The quantitative estimate of drug-likeness (QED) is 0.514. The summed E-state index contributed by atoms with van der Waals surface area (Å²) < 4.78 is 0. The van der Waals surface area contributed by atoms with Gasteiger partial charge in [-0.1, -0.05) is 26.7 Å². The zero-order chi connectivity index (χ0) is 14.7. The lowest BCUT2D eigenvalue weighted by Crippen LogP contribution is -2.47. The van der Waals surface area contributed by atoms with Gasteiger partial charge < -0.3 is 0 Å². The summed E-state index contributed by atoms with van der Waals surface area (Å²) in [5.41, 5.74) is -1.19. The summed E-state index contributed by atoms with van der Waals surface area (Å²) in [5, 5.41) is 0. The number of rotatable bonds is 7. The molecule has 0 fully saturated rings. The van der Waals surface area contributed by atoms with Gasteiger partial charge in [-0.15, -0.1) is 0 Å². The monoisotopic (exact) mass is 248 g/mol. The molecule has 0 heterocycles. The van der Waals surface area contributed by atoms with Crippen LogP contribution in [0.3, 0.4) is 0 Å². The van der Waals surface area contributed by atoms with E-state index in [0.29, 0.717) is 0 Å². The molecule has 0 radical (unpaired) electrons. The highest BCUT2D eigenvalue weighted by Crippen LogP contribution is 2.33. The molecule has 0 amide bonds. The van der Waals surface area contributed by atoms with E-state index < -0.39 is 22.8 Å². The summed E-state index contributed by atoms with van der Waals surface area (Å²) in [4.78, 5) is 36.8. The molecule has 0 aromatic rings. The Balaban J connectivity index is 6.10. The molecule has 0 aliphatic heterocycles. The van der Waals surface area contributed by atoms with Gasteiger partial charge in [-0.25, -0.2) is 0 Å². The third kappa shape index (κ3) is 2.55. The summed E-state index contributed by atoms with van der Waals surface area (Å²) in [7, 11) is 0. The van der Waals surface area contributed by atoms with E-state index in [4.69, 9.17) is 0 Å². The minimum atomic E-state index is -1.73. The Kier molecular flexibility index (Phi) is 5.15. The number of carbonyl (C=O) groups excluding carboxylic acids is 3. The van der Waals surface area contributed by atoms with Crippen molar-refractivity contribution in [2.75, 3.05) is 0 Å². The first kappa shape index (κ1) is 16.2. The highest BCUT2D eigenvalue weighted by atomic mass is 16.2. The molecule has 0 bridgehead atoms. The average Bonchev–Trinajstić information content (AvgIpc) is 2.29. The van der Waals surface area contributed by atoms with Crippen LogP contribution in [0.5, 0.6) is 0 Å². The largest absolute Gasteiger partial charge is 0.293 e. The lowest BCUT2D eigenvalue weighted by atomic mass is 9.68. The van der Waals surface area contributed by atoms with Gasteiger partial charge in [0.2, 0.25) is 0 Å². The Morgan fingerprint density at radius 3 is 1.11 bits per heavy atom. The van der Waals surface area contributed by atoms with Crippen molar-refractivity contribution in [2.45, 2.75) is 34.1 Å². The highest BCUT2D eigenvalue weighted by molar-refractivity contribution is 6.34. The van der Waals surface area contributed by atoms with Crippen molar-refractivity contribution < 1.29 is 14.4 Å². The molecule has 18 heavy (non-hydrogen) atoms. The first-order chi connectivity index (χ1) is 8.12. The molecule has 0 aromatic carbocycles. The van der Waals surface area contributed by atoms with Crippen LogP contribution in [0.25, 0.3) is 0 Å². The van der Waals surface area contributed by atoms with Crippen LogP contribution in [0.15, 0.2) is 36.5 Å². The van der Waals surface area contributed by atoms with E-state index in [-0.39, 0.29) is 23.1 Å². The zero-order valence-corrected chi connectivity index (χ0v) is 11.6. The molecular weight excluding hydrogens is 228 g/mol. The maximum Gasteiger partial charge on any atom is 0.179 e. The fourth-order valence-electron chi connectivity index (χ4n) is 1.88. The average molecular weight is 248 g/mol. The molecule has 0 rings (SSSR count). The SMILES string of the molecule is C=C(C)C(=O)C(CC)(C(=O)C(=C)C)C(=O)C(=C)C. The molecular formula is C15H20O3. The Bertz CT molecular complexity index is 388. The Hall–Kier alpha value is -1.77. The maximum atomic E-state index is 12.3. The third-order valence-corrected chi connectivity index (χ3v) is 2.86. The van der Waals surface area contributed by atoms with Gasteiger partial charge in [0.05, 0.1) is 0 Å². The number of ketones is 3. The number of carbonyl (C=O) groups is 3. The Morgan fingerprint density at radius 1 is 0.778 bits per heavy atom.